The van der Waals surface area contributed by atoms with Gasteiger partial charge in [-0.3, -0.25) is 4.79 Å². The molecule has 1 aromatic rings. The lowest BCUT2D eigenvalue weighted by atomic mass is 10.1. The van der Waals surface area contributed by atoms with Crippen molar-refractivity contribution in [1.82, 2.24) is 0 Å². The lowest BCUT2D eigenvalue weighted by Crippen LogP contribution is -2.10. The summed E-state index contributed by atoms with van der Waals surface area (Å²) < 4.78 is 5.12. The molecule has 0 N–H and O–H groups in total. The predicted octanol–water partition coefficient (Wildman–Crippen LogP) is 3.38. The van der Waals surface area contributed by atoms with Gasteiger partial charge in [0.05, 0.1) is 24.0 Å². The van der Waals surface area contributed by atoms with Gasteiger partial charge in [-0.15, -0.1) is 11.8 Å². The number of rotatable bonds is 7. The van der Waals surface area contributed by atoms with E-state index in [1.165, 1.54) is 11.8 Å². The van der Waals surface area contributed by atoms with Crippen LogP contribution in [0.5, 0.6) is 0 Å². The summed E-state index contributed by atoms with van der Waals surface area (Å²) in [6.07, 6.45) is 0.897. The Morgan fingerprint density at radius 1 is 1.42 bits per heavy atom. The Kier molecular flexibility index (Phi) is 7.06. The van der Waals surface area contributed by atoms with Crippen molar-refractivity contribution in [3.05, 3.63) is 35.4 Å². The Bertz CT molecular complexity index is 452. The van der Waals surface area contributed by atoms with Crippen LogP contribution in [-0.4, -0.2) is 18.3 Å². The number of benzene rings is 1. The largest absolute Gasteiger partial charge is 0.465 e. The summed E-state index contributed by atoms with van der Waals surface area (Å²) in [6.45, 7) is 4.69. The van der Waals surface area contributed by atoms with Gasteiger partial charge in [-0.25, -0.2) is 0 Å². The molecule has 0 aliphatic rings. The maximum atomic E-state index is 11.5. The Morgan fingerprint density at radius 2 is 2.16 bits per heavy atom. The minimum absolute atomic E-state index is 0.180. The number of ether oxygens (including phenoxy) is 1. The highest BCUT2D eigenvalue weighted by Crippen LogP contribution is 2.16. The summed E-state index contributed by atoms with van der Waals surface area (Å²) in [5, 5.41) is 8.94. The Labute approximate surface area is 119 Å². The minimum atomic E-state index is -0.180. The molecule has 0 aliphatic carbocycles. The zero-order valence-electron chi connectivity index (χ0n) is 11.4. The van der Waals surface area contributed by atoms with Gasteiger partial charge in [-0.1, -0.05) is 32.0 Å². The number of carbonyl (C=O) groups is 1. The Morgan fingerprint density at radius 3 is 2.84 bits per heavy atom. The number of hydrogen-bond donors (Lipinski definition) is 0. The summed E-state index contributed by atoms with van der Waals surface area (Å²) in [4.78, 5) is 11.5. The molecular weight excluding hydrogens is 258 g/mol. The van der Waals surface area contributed by atoms with Gasteiger partial charge in [0.25, 0.3) is 0 Å². The van der Waals surface area contributed by atoms with Gasteiger partial charge in [-0.2, -0.15) is 5.26 Å². The average Bonchev–Trinajstić information content (AvgIpc) is 2.39. The van der Waals surface area contributed by atoms with Crippen LogP contribution in [0, 0.1) is 17.2 Å². The molecule has 102 valence electrons. The number of nitriles is 1. The molecule has 3 nitrogen and oxygen atoms in total. The fourth-order valence-electron chi connectivity index (χ4n) is 1.45. The summed E-state index contributed by atoms with van der Waals surface area (Å²) in [5.41, 5.74) is 1.63. The molecule has 1 aromatic carbocycles. The van der Waals surface area contributed by atoms with Gasteiger partial charge < -0.3 is 4.74 Å². The van der Waals surface area contributed by atoms with Crippen molar-refractivity contribution in [3.8, 4) is 6.07 Å². The van der Waals surface area contributed by atoms with E-state index in [1.807, 2.05) is 18.2 Å². The quantitative estimate of drug-likeness (QED) is 0.717. The molecule has 0 saturated carbocycles. The highest BCUT2D eigenvalue weighted by Gasteiger charge is 2.06. The second kappa shape index (κ2) is 8.60. The van der Waals surface area contributed by atoms with Gasteiger partial charge in [0.1, 0.15) is 0 Å². The van der Waals surface area contributed by atoms with Crippen LogP contribution in [0.15, 0.2) is 24.3 Å². The number of esters is 1. The first-order valence-corrected chi connectivity index (χ1v) is 7.50. The average molecular weight is 277 g/mol. The molecular formula is C15H19NO2S. The van der Waals surface area contributed by atoms with Gasteiger partial charge in [0.15, 0.2) is 0 Å². The monoisotopic (exact) mass is 277 g/mol. The van der Waals surface area contributed by atoms with E-state index in [0.29, 0.717) is 29.6 Å². The van der Waals surface area contributed by atoms with Gasteiger partial charge in [0, 0.05) is 5.75 Å². The van der Waals surface area contributed by atoms with E-state index in [0.717, 1.165) is 12.0 Å². The van der Waals surface area contributed by atoms with Gasteiger partial charge >= 0.3 is 5.97 Å². The fourth-order valence-corrected chi connectivity index (χ4v) is 2.27. The van der Waals surface area contributed by atoms with E-state index in [9.17, 15) is 4.79 Å². The number of thioether (sulfide) groups is 1. The molecule has 19 heavy (non-hydrogen) atoms. The maximum absolute atomic E-state index is 11.5. The van der Waals surface area contributed by atoms with Crippen molar-refractivity contribution in [2.24, 2.45) is 5.92 Å². The molecule has 0 fully saturated rings. The van der Waals surface area contributed by atoms with E-state index >= 15 is 0 Å². The standard InChI is InChI=1S/C15H19NO2S/c1-12(2)7-8-18-15(17)11-19-10-14-6-4-3-5-13(14)9-16/h3-6,12H,7-8,10-11H2,1-2H3. The molecule has 0 amide bonds. The third-order valence-electron chi connectivity index (χ3n) is 2.57. The van der Waals surface area contributed by atoms with E-state index in [2.05, 4.69) is 19.9 Å². The van der Waals surface area contributed by atoms with Crippen molar-refractivity contribution in [2.45, 2.75) is 26.0 Å². The summed E-state index contributed by atoms with van der Waals surface area (Å²) in [7, 11) is 0. The van der Waals surface area contributed by atoms with Crippen LogP contribution < -0.4 is 0 Å². The molecule has 0 saturated heterocycles. The molecule has 0 heterocycles. The molecule has 0 spiro atoms. The molecule has 1 rings (SSSR count). The normalized spacial score (nSPS) is 10.2. The third kappa shape index (κ3) is 6.30. The van der Waals surface area contributed by atoms with Crippen LogP contribution in [0.4, 0.5) is 0 Å². The van der Waals surface area contributed by atoms with Crippen molar-refractivity contribution in [1.29, 1.82) is 5.26 Å². The van der Waals surface area contributed by atoms with Crippen molar-refractivity contribution in [3.63, 3.8) is 0 Å². The maximum Gasteiger partial charge on any atom is 0.315 e. The second-order valence-corrected chi connectivity index (χ2v) is 5.65. The van der Waals surface area contributed by atoms with Crippen LogP contribution in [0.1, 0.15) is 31.4 Å². The zero-order valence-corrected chi connectivity index (χ0v) is 12.2. The Hall–Kier alpha value is -1.47. The lowest BCUT2D eigenvalue weighted by Gasteiger charge is -2.07. The molecule has 0 radical (unpaired) electrons. The van der Waals surface area contributed by atoms with Crippen molar-refractivity contribution >= 4 is 17.7 Å². The molecule has 0 aliphatic heterocycles. The lowest BCUT2D eigenvalue weighted by molar-refractivity contribution is -0.140. The topological polar surface area (TPSA) is 50.1 Å². The van der Waals surface area contributed by atoms with Crippen molar-refractivity contribution < 1.29 is 9.53 Å². The van der Waals surface area contributed by atoms with Crippen molar-refractivity contribution in [2.75, 3.05) is 12.4 Å². The van der Waals surface area contributed by atoms with Crippen LogP contribution in [0.3, 0.4) is 0 Å². The van der Waals surface area contributed by atoms with Crippen LogP contribution in [-0.2, 0) is 15.3 Å². The Balaban J connectivity index is 2.27. The second-order valence-electron chi connectivity index (χ2n) is 4.66. The summed E-state index contributed by atoms with van der Waals surface area (Å²) >= 11 is 1.48. The highest BCUT2D eigenvalue weighted by molar-refractivity contribution is 7.99. The number of carbonyl (C=O) groups excluding carboxylic acids is 1. The molecule has 0 atom stereocenters. The smallest absolute Gasteiger partial charge is 0.315 e. The van der Waals surface area contributed by atoms with Gasteiger partial charge in [-0.05, 0) is 24.0 Å². The van der Waals surface area contributed by atoms with Crippen LogP contribution >= 0.6 is 11.8 Å². The molecule has 0 bridgehead atoms. The number of nitrogens with zero attached hydrogens (tertiary/aromatic N) is 1. The minimum Gasteiger partial charge on any atom is -0.465 e. The molecule has 4 heteroatoms. The molecule has 0 unspecified atom stereocenters. The first kappa shape index (κ1) is 15.6. The highest BCUT2D eigenvalue weighted by atomic mass is 32.2. The first-order valence-electron chi connectivity index (χ1n) is 6.35. The predicted molar refractivity (Wildman–Crippen MR) is 77.7 cm³/mol. The fraction of sp³-hybridized carbons (Fsp3) is 0.467. The summed E-state index contributed by atoms with van der Waals surface area (Å²) in [6, 6.07) is 9.59. The zero-order chi connectivity index (χ0) is 14.1. The van der Waals surface area contributed by atoms with Crippen LogP contribution in [0.2, 0.25) is 0 Å². The first-order chi connectivity index (χ1) is 9.13. The molecule has 0 aromatic heterocycles. The SMILES string of the molecule is CC(C)CCOC(=O)CSCc1ccccc1C#N. The summed E-state index contributed by atoms with van der Waals surface area (Å²) in [5.74, 6) is 1.35. The number of hydrogen-bond acceptors (Lipinski definition) is 4. The van der Waals surface area contributed by atoms with E-state index in [1.54, 1.807) is 6.07 Å². The third-order valence-corrected chi connectivity index (χ3v) is 3.53. The van der Waals surface area contributed by atoms with Gasteiger partial charge in [0.2, 0.25) is 0 Å². The van der Waals surface area contributed by atoms with E-state index in [4.69, 9.17) is 10.00 Å². The van der Waals surface area contributed by atoms with E-state index < -0.39 is 0 Å². The van der Waals surface area contributed by atoms with E-state index in [-0.39, 0.29) is 5.97 Å². The van der Waals surface area contributed by atoms with Crippen LogP contribution in [0.25, 0.3) is 0 Å².